The van der Waals surface area contributed by atoms with Gasteiger partial charge in [-0.2, -0.15) is 0 Å². The van der Waals surface area contributed by atoms with Gasteiger partial charge in [-0.25, -0.2) is 9.97 Å². The number of aryl methyl sites for hydroxylation is 1. The summed E-state index contributed by atoms with van der Waals surface area (Å²) in [7, 11) is 0. The summed E-state index contributed by atoms with van der Waals surface area (Å²) in [6.45, 7) is 9.34. The number of nitrogens with zero attached hydrogens (tertiary/aromatic N) is 2. The van der Waals surface area contributed by atoms with Crippen LogP contribution in [0.2, 0.25) is 0 Å². The van der Waals surface area contributed by atoms with Crippen molar-refractivity contribution in [3.8, 4) is 0 Å². The molecular formula is C16H28N4. The first kappa shape index (κ1) is 15.1. The third-order valence-corrected chi connectivity index (χ3v) is 4.37. The van der Waals surface area contributed by atoms with Gasteiger partial charge >= 0.3 is 0 Å². The Labute approximate surface area is 122 Å². The molecule has 112 valence electrons. The van der Waals surface area contributed by atoms with Gasteiger partial charge in [-0.1, -0.05) is 13.3 Å². The molecule has 0 radical (unpaired) electrons. The second kappa shape index (κ2) is 6.91. The first-order chi connectivity index (χ1) is 9.63. The average molecular weight is 276 g/mol. The van der Waals surface area contributed by atoms with Gasteiger partial charge in [0.15, 0.2) is 0 Å². The standard InChI is InChI=1S/C16H28N4/c1-5-13-7-9-14(10-8-13)20-16-11(3)15(17-6-2)18-12(4)19-16/h13-14H,5-10H2,1-4H3,(H2,17,18,19,20). The van der Waals surface area contributed by atoms with Gasteiger partial charge in [0.05, 0.1) is 0 Å². The zero-order chi connectivity index (χ0) is 14.5. The number of rotatable bonds is 5. The van der Waals surface area contributed by atoms with Gasteiger partial charge < -0.3 is 10.6 Å². The summed E-state index contributed by atoms with van der Waals surface area (Å²) in [6.07, 6.45) is 6.53. The maximum atomic E-state index is 4.59. The van der Waals surface area contributed by atoms with E-state index >= 15 is 0 Å². The topological polar surface area (TPSA) is 49.8 Å². The average Bonchev–Trinajstić information content (AvgIpc) is 2.45. The molecule has 0 atom stereocenters. The number of anilines is 2. The summed E-state index contributed by atoms with van der Waals surface area (Å²) in [5.74, 6) is 3.73. The molecular weight excluding hydrogens is 248 g/mol. The fraction of sp³-hybridized carbons (Fsp3) is 0.750. The van der Waals surface area contributed by atoms with Crippen LogP contribution in [-0.4, -0.2) is 22.6 Å². The molecule has 2 N–H and O–H groups in total. The highest BCUT2D eigenvalue weighted by atomic mass is 15.1. The monoisotopic (exact) mass is 276 g/mol. The highest BCUT2D eigenvalue weighted by Crippen LogP contribution is 2.29. The van der Waals surface area contributed by atoms with Gasteiger partial charge in [0.25, 0.3) is 0 Å². The second-order valence-electron chi connectivity index (χ2n) is 5.89. The predicted octanol–water partition coefficient (Wildman–Crippen LogP) is 3.91. The van der Waals surface area contributed by atoms with E-state index in [1.807, 2.05) is 6.92 Å². The molecule has 0 amide bonds. The number of aromatic nitrogens is 2. The van der Waals surface area contributed by atoms with Gasteiger partial charge in [0.2, 0.25) is 0 Å². The third-order valence-electron chi connectivity index (χ3n) is 4.37. The van der Waals surface area contributed by atoms with Crippen molar-refractivity contribution >= 4 is 11.6 Å². The van der Waals surface area contributed by atoms with Gasteiger partial charge in [-0.15, -0.1) is 0 Å². The van der Waals surface area contributed by atoms with Crippen LogP contribution in [0.4, 0.5) is 11.6 Å². The molecule has 2 rings (SSSR count). The number of nitrogens with one attached hydrogen (secondary N) is 2. The van der Waals surface area contributed by atoms with Crippen LogP contribution in [0.3, 0.4) is 0 Å². The Hall–Kier alpha value is -1.32. The lowest BCUT2D eigenvalue weighted by Gasteiger charge is -2.29. The van der Waals surface area contributed by atoms with E-state index in [4.69, 9.17) is 0 Å². The Balaban J connectivity index is 2.05. The molecule has 0 bridgehead atoms. The van der Waals surface area contributed by atoms with E-state index in [0.29, 0.717) is 6.04 Å². The minimum atomic E-state index is 0.570. The maximum absolute atomic E-state index is 4.59. The van der Waals surface area contributed by atoms with Crippen LogP contribution < -0.4 is 10.6 Å². The maximum Gasteiger partial charge on any atom is 0.134 e. The van der Waals surface area contributed by atoms with Crippen molar-refractivity contribution in [2.24, 2.45) is 5.92 Å². The second-order valence-corrected chi connectivity index (χ2v) is 5.89. The van der Waals surface area contributed by atoms with Crippen LogP contribution in [0, 0.1) is 19.8 Å². The van der Waals surface area contributed by atoms with Crippen molar-refractivity contribution in [2.45, 2.75) is 65.8 Å². The Morgan fingerprint density at radius 1 is 1.00 bits per heavy atom. The Bertz CT molecular complexity index is 436. The van der Waals surface area contributed by atoms with Gasteiger partial charge in [-0.05, 0) is 52.4 Å². The van der Waals surface area contributed by atoms with E-state index in [9.17, 15) is 0 Å². The van der Waals surface area contributed by atoms with E-state index in [1.54, 1.807) is 0 Å². The molecule has 0 unspecified atom stereocenters. The molecule has 1 saturated carbocycles. The Kier molecular flexibility index (Phi) is 5.21. The zero-order valence-corrected chi connectivity index (χ0v) is 13.3. The molecule has 1 aromatic heterocycles. The molecule has 1 fully saturated rings. The third kappa shape index (κ3) is 3.62. The summed E-state index contributed by atoms with van der Waals surface area (Å²) >= 11 is 0. The summed E-state index contributed by atoms with van der Waals surface area (Å²) in [6, 6.07) is 0.570. The minimum absolute atomic E-state index is 0.570. The highest BCUT2D eigenvalue weighted by molar-refractivity contribution is 5.57. The Morgan fingerprint density at radius 3 is 2.25 bits per heavy atom. The van der Waals surface area contributed by atoms with Gasteiger partial charge in [-0.3, -0.25) is 0 Å². The van der Waals surface area contributed by atoms with Crippen LogP contribution in [0.25, 0.3) is 0 Å². The van der Waals surface area contributed by atoms with E-state index < -0.39 is 0 Å². The van der Waals surface area contributed by atoms with Gasteiger partial charge in [0.1, 0.15) is 17.5 Å². The van der Waals surface area contributed by atoms with Crippen molar-refractivity contribution < 1.29 is 0 Å². The number of hydrogen-bond acceptors (Lipinski definition) is 4. The first-order valence-corrected chi connectivity index (χ1v) is 7.99. The zero-order valence-electron chi connectivity index (χ0n) is 13.3. The largest absolute Gasteiger partial charge is 0.370 e. The SMILES string of the molecule is CCNc1nc(C)nc(NC2CCC(CC)CC2)c1C. The van der Waals surface area contributed by atoms with Crippen LogP contribution in [-0.2, 0) is 0 Å². The Morgan fingerprint density at radius 2 is 1.65 bits per heavy atom. The molecule has 0 spiro atoms. The molecule has 1 aromatic rings. The summed E-state index contributed by atoms with van der Waals surface area (Å²) < 4.78 is 0. The summed E-state index contributed by atoms with van der Waals surface area (Å²) in [4.78, 5) is 9.07. The van der Waals surface area contributed by atoms with Crippen LogP contribution in [0.5, 0.6) is 0 Å². The lowest BCUT2D eigenvalue weighted by molar-refractivity contribution is 0.330. The van der Waals surface area contributed by atoms with Crippen LogP contribution in [0.1, 0.15) is 57.3 Å². The van der Waals surface area contributed by atoms with Crippen molar-refractivity contribution in [1.82, 2.24) is 9.97 Å². The quantitative estimate of drug-likeness (QED) is 0.856. The fourth-order valence-corrected chi connectivity index (χ4v) is 3.02. The normalized spacial score (nSPS) is 22.6. The highest BCUT2D eigenvalue weighted by Gasteiger charge is 2.21. The summed E-state index contributed by atoms with van der Waals surface area (Å²) in [5.41, 5.74) is 1.13. The first-order valence-electron chi connectivity index (χ1n) is 7.99. The molecule has 1 heterocycles. The predicted molar refractivity (Wildman–Crippen MR) is 85.3 cm³/mol. The molecule has 1 aliphatic rings. The molecule has 0 aliphatic heterocycles. The smallest absolute Gasteiger partial charge is 0.134 e. The number of hydrogen-bond donors (Lipinski definition) is 2. The van der Waals surface area contributed by atoms with Gasteiger partial charge in [0, 0.05) is 18.2 Å². The van der Waals surface area contributed by atoms with Crippen LogP contribution >= 0.6 is 0 Å². The molecule has 1 aliphatic carbocycles. The van der Waals surface area contributed by atoms with E-state index in [-0.39, 0.29) is 0 Å². The summed E-state index contributed by atoms with van der Waals surface area (Å²) in [5, 5.41) is 6.96. The molecule has 0 saturated heterocycles. The van der Waals surface area contributed by atoms with Crippen molar-refractivity contribution in [1.29, 1.82) is 0 Å². The van der Waals surface area contributed by atoms with Crippen LogP contribution in [0.15, 0.2) is 0 Å². The minimum Gasteiger partial charge on any atom is -0.370 e. The molecule has 4 nitrogen and oxygen atoms in total. The van der Waals surface area contributed by atoms with Crippen molar-refractivity contribution in [2.75, 3.05) is 17.2 Å². The van der Waals surface area contributed by atoms with E-state index in [0.717, 1.165) is 35.5 Å². The molecule has 4 heteroatoms. The molecule has 20 heavy (non-hydrogen) atoms. The van der Waals surface area contributed by atoms with E-state index in [2.05, 4.69) is 41.4 Å². The fourth-order valence-electron chi connectivity index (χ4n) is 3.02. The lowest BCUT2D eigenvalue weighted by atomic mass is 9.84. The van der Waals surface area contributed by atoms with Crippen molar-refractivity contribution in [3.63, 3.8) is 0 Å². The molecule has 0 aromatic carbocycles. The van der Waals surface area contributed by atoms with Crippen molar-refractivity contribution in [3.05, 3.63) is 11.4 Å². The lowest BCUT2D eigenvalue weighted by Crippen LogP contribution is -2.27. The van der Waals surface area contributed by atoms with E-state index in [1.165, 1.54) is 32.1 Å².